The second-order valence-corrected chi connectivity index (χ2v) is 7.50. The number of nitrogens with one attached hydrogen (secondary N) is 2. The summed E-state index contributed by atoms with van der Waals surface area (Å²) >= 11 is 6.21. The Balaban J connectivity index is 1.39. The van der Waals surface area contributed by atoms with Crippen molar-refractivity contribution in [3.63, 3.8) is 0 Å². The molecule has 0 saturated heterocycles. The molecule has 156 valence electrons. The van der Waals surface area contributed by atoms with E-state index in [9.17, 15) is 9.59 Å². The molecule has 1 aliphatic carbocycles. The fourth-order valence-corrected chi connectivity index (χ4v) is 3.65. The van der Waals surface area contributed by atoms with Gasteiger partial charge in [0.2, 0.25) is 11.6 Å². The number of anilines is 2. The second-order valence-electron chi connectivity index (χ2n) is 7.12. The summed E-state index contributed by atoms with van der Waals surface area (Å²) in [6.45, 7) is 0.778. The van der Waals surface area contributed by atoms with E-state index >= 15 is 0 Å². The van der Waals surface area contributed by atoms with Gasteiger partial charge >= 0.3 is 0 Å². The minimum Gasteiger partial charge on any atom is -0.497 e. The molecular weight excluding hydrogens is 412 g/mol. The number of carbonyl (C=O) groups excluding carboxylic acids is 2. The van der Waals surface area contributed by atoms with Crippen molar-refractivity contribution in [2.24, 2.45) is 0 Å². The van der Waals surface area contributed by atoms with Crippen molar-refractivity contribution in [2.45, 2.75) is 6.42 Å². The lowest BCUT2D eigenvalue weighted by Crippen LogP contribution is -2.24. The van der Waals surface area contributed by atoms with Crippen LogP contribution in [-0.2, 0) is 6.42 Å². The van der Waals surface area contributed by atoms with E-state index in [1.807, 2.05) is 48.5 Å². The predicted octanol–water partition coefficient (Wildman–Crippen LogP) is 5.29. The number of carbonyl (C=O) groups is 2. The number of benzene rings is 3. The van der Waals surface area contributed by atoms with Crippen molar-refractivity contribution >= 4 is 34.5 Å². The second kappa shape index (κ2) is 9.06. The molecule has 2 N–H and O–H groups in total. The maximum absolute atomic E-state index is 12.8. The van der Waals surface area contributed by atoms with Crippen LogP contribution in [0.5, 0.6) is 5.75 Å². The van der Waals surface area contributed by atoms with E-state index < -0.39 is 0 Å². The lowest BCUT2D eigenvalue weighted by molar-refractivity contribution is 0.0982. The Hall–Kier alpha value is -3.57. The van der Waals surface area contributed by atoms with E-state index in [1.165, 1.54) is 5.56 Å². The van der Waals surface area contributed by atoms with Gasteiger partial charge in [-0.3, -0.25) is 9.59 Å². The average molecular weight is 433 g/mol. The Morgan fingerprint density at radius 2 is 1.42 bits per heavy atom. The van der Waals surface area contributed by atoms with E-state index in [-0.39, 0.29) is 22.3 Å². The molecule has 0 unspecified atom stereocenters. The van der Waals surface area contributed by atoms with Gasteiger partial charge in [-0.05, 0) is 48.4 Å². The Labute approximate surface area is 185 Å². The van der Waals surface area contributed by atoms with Gasteiger partial charge in [0, 0.05) is 29.0 Å². The molecule has 3 aromatic rings. The lowest BCUT2D eigenvalue weighted by Gasteiger charge is -2.19. The molecule has 0 aromatic heterocycles. The van der Waals surface area contributed by atoms with E-state index in [4.69, 9.17) is 16.3 Å². The summed E-state index contributed by atoms with van der Waals surface area (Å²) < 4.78 is 5.17. The molecule has 0 aliphatic heterocycles. The summed E-state index contributed by atoms with van der Waals surface area (Å²) in [6.07, 6.45) is 0.877. The third-order valence-electron chi connectivity index (χ3n) is 5.12. The predicted molar refractivity (Wildman–Crippen MR) is 123 cm³/mol. The number of hydrogen-bond donors (Lipinski definition) is 2. The van der Waals surface area contributed by atoms with E-state index in [2.05, 4.69) is 10.6 Å². The highest BCUT2D eigenvalue weighted by Crippen LogP contribution is 2.29. The molecule has 0 radical (unpaired) electrons. The van der Waals surface area contributed by atoms with Gasteiger partial charge in [0.05, 0.1) is 7.11 Å². The monoisotopic (exact) mass is 432 g/mol. The smallest absolute Gasteiger partial charge is 0.211 e. The van der Waals surface area contributed by atoms with Crippen molar-refractivity contribution < 1.29 is 14.3 Å². The number of rotatable bonds is 7. The topological polar surface area (TPSA) is 67.4 Å². The maximum atomic E-state index is 12.8. The van der Waals surface area contributed by atoms with Crippen LogP contribution < -0.4 is 15.4 Å². The van der Waals surface area contributed by atoms with Gasteiger partial charge in [0.25, 0.3) is 0 Å². The zero-order valence-electron chi connectivity index (χ0n) is 16.9. The average Bonchev–Trinajstić information content (AvgIpc) is 2.82. The molecule has 1 aliphatic rings. The molecule has 0 heterocycles. The molecule has 0 bridgehead atoms. The van der Waals surface area contributed by atoms with Crippen LogP contribution in [0.2, 0.25) is 0 Å². The van der Waals surface area contributed by atoms with Gasteiger partial charge in [-0.25, -0.2) is 0 Å². The molecule has 0 spiro atoms. The van der Waals surface area contributed by atoms with Crippen LogP contribution >= 0.6 is 11.6 Å². The number of hydrogen-bond acceptors (Lipinski definition) is 5. The van der Waals surface area contributed by atoms with Gasteiger partial charge in [0.1, 0.15) is 16.5 Å². The van der Waals surface area contributed by atoms with Crippen molar-refractivity contribution in [2.75, 3.05) is 24.3 Å². The number of fused-ring (bicyclic) bond motifs is 1. The van der Waals surface area contributed by atoms with Crippen LogP contribution in [-0.4, -0.2) is 25.2 Å². The molecule has 0 saturated carbocycles. The molecule has 0 amide bonds. The number of Topliss-reactive ketones (excluding diaryl/α,β-unsaturated/α-hetero) is 2. The summed E-state index contributed by atoms with van der Waals surface area (Å²) in [6, 6.07) is 22.2. The maximum Gasteiger partial charge on any atom is 0.211 e. The Morgan fingerprint density at radius 3 is 2.06 bits per heavy atom. The third-order valence-corrected chi connectivity index (χ3v) is 5.48. The first-order valence-corrected chi connectivity index (χ1v) is 10.3. The molecule has 3 aromatic carbocycles. The van der Waals surface area contributed by atoms with Gasteiger partial charge < -0.3 is 15.4 Å². The van der Waals surface area contributed by atoms with Crippen molar-refractivity contribution in [3.8, 4) is 5.75 Å². The Morgan fingerprint density at radius 1 is 0.806 bits per heavy atom. The Kier molecular flexibility index (Phi) is 6.05. The van der Waals surface area contributed by atoms with Crippen molar-refractivity contribution in [1.29, 1.82) is 0 Å². The summed E-state index contributed by atoms with van der Waals surface area (Å²) in [5, 5.41) is 6.29. The van der Waals surface area contributed by atoms with Gasteiger partial charge in [0.15, 0.2) is 0 Å². The quantitative estimate of drug-likeness (QED) is 0.531. The molecule has 0 atom stereocenters. The molecular formula is C25H21ClN2O3. The summed E-state index contributed by atoms with van der Waals surface area (Å²) in [5.41, 5.74) is 3.64. The van der Waals surface area contributed by atoms with E-state index in [0.29, 0.717) is 16.8 Å². The van der Waals surface area contributed by atoms with Crippen LogP contribution in [0.25, 0.3) is 0 Å². The minimum atomic E-state index is -0.351. The zero-order chi connectivity index (χ0) is 21.8. The number of allylic oxidation sites excluding steroid dienone is 2. The van der Waals surface area contributed by atoms with Crippen molar-refractivity contribution in [3.05, 3.63) is 100 Å². The largest absolute Gasteiger partial charge is 0.497 e. The standard InChI is InChI=1S/C25H21ClN2O3/c1-31-19-12-6-16(7-13-19)14-15-27-17-8-10-18(11-9-17)28-23-22(26)24(29)20-4-2-3-5-21(20)25(23)30/h2-13,27-28H,14-15H2,1H3. The molecule has 5 nitrogen and oxygen atoms in total. The summed E-state index contributed by atoms with van der Waals surface area (Å²) in [4.78, 5) is 25.3. The fraction of sp³-hybridized carbons (Fsp3) is 0.120. The first-order chi connectivity index (χ1) is 15.1. The van der Waals surface area contributed by atoms with Crippen LogP contribution in [0.1, 0.15) is 26.3 Å². The summed E-state index contributed by atoms with van der Waals surface area (Å²) in [7, 11) is 1.65. The number of methoxy groups -OCH3 is 1. The van der Waals surface area contributed by atoms with Crippen LogP contribution in [0.3, 0.4) is 0 Å². The molecule has 4 rings (SSSR count). The minimum absolute atomic E-state index is 0.0922. The normalized spacial score (nSPS) is 13.1. The SMILES string of the molecule is COc1ccc(CCNc2ccc(NC3=C(Cl)C(=O)c4ccccc4C3=O)cc2)cc1. The lowest BCUT2D eigenvalue weighted by atomic mass is 9.92. The van der Waals surface area contributed by atoms with Gasteiger partial charge in [-0.15, -0.1) is 0 Å². The zero-order valence-corrected chi connectivity index (χ0v) is 17.7. The van der Waals surface area contributed by atoms with Crippen LogP contribution in [0, 0.1) is 0 Å². The van der Waals surface area contributed by atoms with Crippen LogP contribution in [0.15, 0.2) is 83.5 Å². The first-order valence-electron chi connectivity index (χ1n) is 9.89. The highest BCUT2D eigenvalue weighted by atomic mass is 35.5. The van der Waals surface area contributed by atoms with Crippen LogP contribution in [0.4, 0.5) is 11.4 Å². The molecule has 31 heavy (non-hydrogen) atoms. The number of ether oxygens (including phenoxy) is 1. The Bertz CT molecular complexity index is 1150. The van der Waals surface area contributed by atoms with Gasteiger partial charge in [-0.1, -0.05) is 48.0 Å². The molecule has 0 fully saturated rings. The van der Waals surface area contributed by atoms with E-state index in [0.717, 1.165) is 24.4 Å². The number of halogens is 1. The number of ketones is 2. The van der Waals surface area contributed by atoms with Crippen molar-refractivity contribution in [1.82, 2.24) is 0 Å². The third kappa shape index (κ3) is 4.47. The summed E-state index contributed by atoms with van der Waals surface area (Å²) in [5.74, 6) is 0.203. The van der Waals surface area contributed by atoms with E-state index in [1.54, 1.807) is 31.4 Å². The fourth-order valence-electron chi connectivity index (χ4n) is 3.42. The van der Waals surface area contributed by atoms with Gasteiger partial charge in [-0.2, -0.15) is 0 Å². The highest BCUT2D eigenvalue weighted by molar-refractivity contribution is 6.50. The molecule has 6 heteroatoms. The highest BCUT2D eigenvalue weighted by Gasteiger charge is 2.31. The first kappa shape index (κ1) is 20.7.